The lowest BCUT2D eigenvalue weighted by Crippen LogP contribution is -2.56. The van der Waals surface area contributed by atoms with E-state index in [9.17, 15) is 9.59 Å². The summed E-state index contributed by atoms with van der Waals surface area (Å²) in [6, 6.07) is 7.35. The van der Waals surface area contributed by atoms with Crippen molar-refractivity contribution >= 4 is 29.1 Å². The number of nitrogens with zero attached hydrogens (tertiary/aromatic N) is 2. The Kier molecular flexibility index (Phi) is 5.03. The van der Waals surface area contributed by atoms with Gasteiger partial charge in [-0.05, 0) is 24.3 Å². The molecule has 6 nitrogen and oxygen atoms in total. The SMILES string of the molecule is O=C1NCCN[C@H]1CC(=O)N1CCN(c2ccc(Cl)cc2)CC1. The van der Waals surface area contributed by atoms with Gasteiger partial charge >= 0.3 is 0 Å². The number of benzene rings is 1. The number of rotatable bonds is 3. The summed E-state index contributed by atoms with van der Waals surface area (Å²) in [6.45, 7) is 4.28. The number of anilines is 1. The Balaban J connectivity index is 1.51. The van der Waals surface area contributed by atoms with Crippen LogP contribution in [0.4, 0.5) is 5.69 Å². The molecule has 0 saturated carbocycles. The van der Waals surface area contributed by atoms with Crippen molar-refractivity contribution in [2.45, 2.75) is 12.5 Å². The van der Waals surface area contributed by atoms with E-state index in [2.05, 4.69) is 15.5 Å². The van der Waals surface area contributed by atoms with E-state index in [1.165, 1.54) is 0 Å². The molecule has 0 bridgehead atoms. The maximum atomic E-state index is 12.4. The maximum Gasteiger partial charge on any atom is 0.237 e. The minimum atomic E-state index is -0.398. The lowest BCUT2D eigenvalue weighted by atomic mass is 10.1. The summed E-state index contributed by atoms with van der Waals surface area (Å²) in [4.78, 5) is 28.2. The molecule has 2 heterocycles. The van der Waals surface area contributed by atoms with E-state index in [0.717, 1.165) is 23.8 Å². The first-order chi connectivity index (χ1) is 11.1. The van der Waals surface area contributed by atoms with E-state index in [-0.39, 0.29) is 18.2 Å². The van der Waals surface area contributed by atoms with Crippen molar-refractivity contribution in [2.75, 3.05) is 44.2 Å². The van der Waals surface area contributed by atoms with Crippen LogP contribution in [0, 0.1) is 0 Å². The van der Waals surface area contributed by atoms with Gasteiger partial charge in [-0.15, -0.1) is 0 Å². The highest BCUT2D eigenvalue weighted by atomic mass is 35.5. The first-order valence-electron chi connectivity index (χ1n) is 7.93. The Morgan fingerprint density at radius 1 is 1.13 bits per heavy atom. The predicted octanol–water partition coefficient (Wildman–Crippen LogP) is 0.467. The summed E-state index contributed by atoms with van der Waals surface area (Å²) in [5, 5.41) is 6.60. The Labute approximate surface area is 140 Å². The molecule has 7 heteroatoms. The number of amides is 2. The van der Waals surface area contributed by atoms with Gasteiger partial charge in [0.1, 0.15) is 0 Å². The van der Waals surface area contributed by atoms with Gasteiger partial charge in [-0.1, -0.05) is 11.6 Å². The second-order valence-corrected chi connectivity index (χ2v) is 6.28. The normalized spacial score (nSPS) is 22.0. The summed E-state index contributed by atoms with van der Waals surface area (Å²) >= 11 is 5.91. The largest absolute Gasteiger partial charge is 0.368 e. The Morgan fingerprint density at radius 2 is 1.83 bits per heavy atom. The second-order valence-electron chi connectivity index (χ2n) is 5.85. The number of carbonyl (C=O) groups is 2. The number of hydrogen-bond acceptors (Lipinski definition) is 4. The van der Waals surface area contributed by atoms with Crippen molar-refractivity contribution in [3.63, 3.8) is 0 Å². The monoisotopic (exact) mass is 336 g/mol. The molecule has 2 amide bonds. The number of carbonyl (C=O) groups excluding carboxylic acids is 2. The fourth-order valence-electron chi connectivity index (χ4n) is 2.98. The smallest absolute Gasteiger partial charge is 0.237 e. The molecule has 2 fully saturated rings. The average Bonchev–Trinajstić information content (AvgIpc) is 2.58. The van der Waals surface area contributed by atoms with Crippen molar-refractivity contribution in [1.29, 1.82) is 0 Å². The van der Waals surface area contributed by atoms with E-state index >= 15 is 0 Å². The first-order valence-corrected chi connectivity index (χ1v) is 8.30. The molecule has 0 spiro atoms. The van der Waals surface area contributed by atoms with Crippen LogP contribution in [0.1, 0.15) is 6.42 Å². The minimum absolute atomic E-state index is 0.0373. The molecule has 124 valence electrons. The van der Waals surface area contributed by atoms with Gasteiger partial charge in [0.05, 0.1) is 12.5 Å². The van der Waals surface area contributed by atoms with Crippen LogP contribution in [-0.2, 0) is 9.59 Å². The first kappa shape index (κ1) is 16.1. The Hall–Kier alpha value is -1.79. The molecule has 0 aromatic heterocycles. The fraction of sp³-hybridized carbons (Fsp3) is 0.500. The molecule has 0 aliphatic carbocycles. The van der Waals surface area contributed by atoms with Gasteiger partial charge in [-0.3, -0.25) is 9.59 Å². The van der Waals surface area contributed by atoms with Crippen molar-refractivity contribution in [3.8, 4) is 0 Å². The molecule has 3 rings (SSSR count). The molecule has 2 aliphatic heterocycles. The topological polar surface area (TPSA) is 64.7 Å². The van der Waals surface area contributed by atoms with E-state index in [4.69, 9.17) is 11.6 Å². The number of nitrogens with one attached hydrogen (secondary N) is 2. The highest BCUT2D eigenvalue weighted by Gasteiger charge is 2.28. The number of hydrogen-bond donors (Lipinski definition) is 2. The zero-order chi connectivity index (χ0) is 16.2. The lowest BCUT2D eigenvalue weighted by molar-refractivity contribution is -0.135. The van der Waals surface area contributed by atoms with E-state index in [1.54, 1.807) is 0 Å². The number of halogens is 1. The molecule has 1 atom stereocenters. The molecular formula is C16H21ClN4O2. The van der Waals surface area contributed by atoms with Gasteiger partial charge in [-0.25, -0.2) is 0 Å². The fourth-order valence-corrected chi connectivity index (χ4v) is 3.11. The third-order valence-corrected chi connectivity index (χ3v) is 4.59. The Morgan fingerprint density at radius 3 is 2.48 bits per heavy atom. The molecule has 1 aromatic carbocycles. The van der Waals surface area contributed by atoms with Gasteiger partial charge in [0.15, 0.2) is 0 Å². The average molecular weight is 337 g/mol. The van der Waals surface area contributed by atoms with Crippen LogP contribution in [-0.4, -0.2) is 62.0 Å². The van der Waals surface area contributed by atoms with Crippen LogP contribution >= 0.6 is 11.6 Å². The van der Waals surface area contributed by atoms with Gasteiger partial charge in [-0.2, -0.15) is 0 Å². The van der Waals surface area contributed by atoms with Crippen molar-refractivity contribution < 1.29 is 9.59 Å². The Bertz CT molecular complexity index is 570. The van der Waals surface area contributed by atoms with Crippen molar-refractivity contribution in [3.05, 3.63) is 29.3 Å². The molecular weight excluding hydrogens is 316 g/mol. The lowest BCUT2D eigenvalue weighted by Gasteiger charge is -2.37. The van der Waals surface area contributed by atoms with Crippen LogP contribution < -0.4 is 15.5 Å². The quantitative estimate of drug-likeness (QED) is 0.842. The van der Waals surface area contributed by atoms with Crippen LogP contribution in [0.5, 0.6) is 0 Å². The number of piperazine rings is 2. The van der Waals surface area contributed by atoms with E-state index < -0.39 is 6.04 Å². The maximum absolute atomic E-state index is 12.4. The van der Waals surface area contributed by atoms with Crippen LogP contribution in [0.15, 0.2) is 24.3 Å². The summed E-state index contributed by atoms with van der Waals surface area (Å²) in [7, 11) is 0. The van der Waals surface area contributed by atoms with E-state index in [0.29, 0.717) is 26.2 Å². The highest BCUT2D eigenvalue weighted by Crippen LogP contribution is 2.19. The highest BCUT2D eigenvalue weighted by molar-refractivity contribution is 6.30. The van der Waals surface area contributed by atoms with Crippen LogP contribution in [0.25, 0.3) is 0 Å². The van der Waals surface area contributed by atoms with Gasteiger partial charge in [0.25, 0.3) is 0 Å². The van der Waals surface area contributed by atoms with Crippen LogP contribution in [0.3, 0.4) is 0 Å². The van der Waals surface area contributed by atoms with Gasteiger partial charge in [0.2, 0.25) is 11.8 Å². The zero-order valence-corrected chi connectivity index (χ0v) is 13.7. The van der Waals surface area contributed by atoms with Gasteiger partial charge < -0.3 is 20.4 Å². The summed E-state index contributed by atoms with van der Waals surface area (Å²) in [6.07, 6.45) is 0.229. The molecule has 2 aliphatic rings. The molecule has 23 heavy (non-hydrogen) atoms. The third-order valence-electron chi connectivity index (χ3n) is 4.33. The molecule has 1 aromatic rings. The third kappa shape index (κ3) is 3.95. The van der Waals surface area contributed by atoms with Gasteiger partial charge in [0, 0.05) is 50.0 Å². The predicted molar refractivity (Wildman–Crippen MR) is 89.7 cm³/mol. The summed E-state index contributed by atoms with van der Waals surface area (Å²) in [5.74, 6) is -0.0419. The standard InChI is InChI=1S/C16H21ClN4O2/c17-12-1-3-13(4-2-12)20-7-9-21(10-8-20)15(22)11-14-16(23)19-6-5-18-14/h1-4,14,18H,5-11H2,(H,19,23)/t14-/m0/s1. The summed E-state index contributed by atoms with van der Waals surface area (Å²) in [5.41, 5.74) is 1.12. The summed E-state index contributed by atoms with van der Waals surface area (Å²) < 4.78 is 0. The second kappa shape index (κ2) is 7.19. The minimum Gasteiger partial charge on any atom is -0.368 e. The molecule has 0 radical (unpaired) electrons. The zero-order valence-electron chi connectivity index (χ0n) is 12.9. The molecule has 2 saturated heterocycles. The van der Waals surface area contributed by atoms with E-state index in [1.807, 2.05) is 29.2 Å². The molecule has 2 N–H and O–H groups in total. The van der Waals surface area contributed by atoms with Crippen molar-refractivity contribution in [1.82, 2.24) is 15.5 Å². The van der Waals surface area contributed by atoms with Crippen molar-refractivity contribution in [2.24, 2.45) is 0 Å². The van der Waals surface area contributed by atoms with Crippen LogP contribution in [0.2, 0.25) is 5.02 Å². The molecule has 0 unspecified atom stereocenters.